The Labute approximate surface area is 179 Å². The second-order valence-electron chi connectivity index (χ2n) is 7.11. The average Bonchev–Trinajstić information content (AvgIpc) is 3.33. The summed E-state index contributed by atoms with van der Waals surface area (Å²) in [6.45, 7) is 7.90. The number of aryl methyl sites for hydroxylation is 3. The Morgan fingerprint density at radius 3 is 2.43 bits per heavy atom. The number of thiophene rings is 1. The average molecular weight is 425 g/mol. The molecule has 1 aromatic carbocycles. The maximum absolute atomic E-state index is 5.47. The van der Waals surface area contributed by atoms with Crippen molar-refractivity contribution < 1.29 is 14.0 Å². The molecule has 4 aromatic rings. The molecule has 1 atom stereocenters. The van der Waals surface area contributed by atoms with Gasteiger partial charge in [0.15, 0.2) is 11.5 Å². The van der Waals surface area contributed by atoms with Crippen LogP contribution in [0.5, 0.6) is 11.5 Å². The van der Waals surface area contributed by atoms with Crippen molar-refractivity contribution in [2.75, 3.05) is 19.5 Å². The van der Waals surface area contributed by atoms with Crippen LogP contribution in [0.25, 0.3) is 21.3 Å². The zero-order valence-electron chi connectivity index (χ0n) is 17.9. The lowest BCUT2D eigenvalue weighted by Gasteiger charge is -2.16. The van der Waals surface area contributed by atoms with Crippen molar-refractivity contribution in [1.82, 2.24) is 15.1 Å². The van der Waals surface area contributed by atoms with Crippen molar-refractivity contribution in [1.29, 1.82) is 0 Å². The molecule has 30 heavy (non-hydrogen) atoms. The Morgan fingerprint density at radius 1 is 1.03 bits per heavy atom. The largest absolute Gasteiger partial charge is 0.493 e. The van der Waals surface area contributed by atoms with E-state index in [0.717, 1.165) is 38.6 Å². The standard InChI is InChI=1S/C22H24N4O3S/c1-11(19-7-8-20(30-19)21-12(2)26-29-13(21)3)23-22-15-9-17(27-5)18(28-6)10-16(15)24-14(4)25-22/h7-11H,1-6H3,(H,23,24,25). The molecule has 3 heterocycles. The van der Waals surface area contributed by atoms with Crippen molar-refractivity contribution in [3.05, 3.63) is 46.4 Å². The fourth-order valence-corrected chi connectivity index (χ4v) is 4.67. The highest BCUT2D eigenvalue weighted by Gasteiger charge is 2.18. The van der Waals surface area contributed by atoms with Crippen molar-refractivity contribution >= 4 is 28.1 Å². The zero-order valence-corrected chi connectivity index (χ0v) is 18.7. The summed E-state index contributed by atoms with van der Waals surface area (Å²) in [5.41, 5.74) is 2.77. The number of hydrogen-bond donors (Lipinski definition) is 1. The lowest BCUT2D eigenvalue weighted by molar-refractivity contribution is 0.356. The van der Waals surface area contributed by atoms with E-state index in [-0.39, 0.29) is 6.04 Å². The van der Waals surface area contributed by atoms with E-state index in [2.05, 4.69) is 39.5 Å². The second kappa shape index (κ2) is 7.95. The predicted molar refractivity (Wildman–Crippen MR) is 119 cm³/mol. The number of ether oxygens (including phenoxy) is 2. The van der Waals surface area contributed by atoms with Crippen LogP contribution in [0.3, 0.4) is 0 Å². The molecule has 0 aliphatic heterocycles. The number of nitrogens with one attached hydrogen (secondary N) is 1. The van der Waals surface area contributed by atoms with Crippen LogP contribution in [0.15, 0.2) is 28.8 Å². The minimum absolute atomic E-state index is 0.0508. The van der Waals surface area contributed by atoms with E-state index >= 15 is 0 Å². The van der Waals surface area contributed by atoms with Gasteiger partial charge in [0.25, 0.3) is 0 Å². The highest BCUT2D eigenvalue weighted by molar-refractivity contribution is 7.15. The summed E-state index contributed by atoms with van der Waals surface area (Å²) in [5, 5.41) is 8.49. The summed E-state index contributed by atoms with van der Waals surface area (Å²) < 4.78 is 16.2. The lowest BCUT2D eigenvalue weighted by Crippen LogP contribution is -2.08. The van der Waals surface area contributed by atoms with Crippen molar-refractivity contribution in [2.24, 2.45) is 0 Å². The molecule has 0 saturated heterocycles. The normalized spacial score (nSPS) is 12.2. The second-order valence-corrected chi connectivity index (χ2v) is 8.23. The van der Waals surface area contributed by atoms with Gasteiger partial charge in [0, 0.05) is 21.2 Å². The van der Waals surface area contributed by atoms with Crippen molar-refractivity contribution in [2.45, 2.75) is 33.7 Å². The van der Waals surface area contributed by atoms with Crippen LogP contribution < -0.4 is 14.8 Å². The number of anilines is 1. The third kappa shape index (κ3) is 3.59. The third-order valence-electron chi connectivity index (χ3n) is 5.00. The summed E-state index contributed by atoms with van der Waals surface area (Å²) in [5.74, 6) is 3.57. The minimum atomic E-state index is 0.0508. The van der Waals surface area contributed by atoms with E-state index in [1.807, 2.05) is 32.9 Å². The number of fused-ring (bicyclic) bond motifs is 1. The molecule has 3 aromatic heterocycles. The topological polar surface area (TPSA) is 82.3 Å². The molecule has 4 rings (SSSR count). The van der Waals surface area contributed by atoms with Crippen LogP contribution >= 0.6 is 11.3 Å². The molecule has 0 spiro atoms. The first-order valence-electron chi connectivity index (χ1n) is 9.61. The Morgan fingerprint density at radius 2 is 1.77 bits per heavy atom. The first kappa shape index (κ1) is 20.2. The molecule has 8 heteroatoms. The highest BCUT2D eigenvalue weighted by atomic mass is 32.1. The molecule has 7 nitrogen and oxygen atoms in total. The highest BCUT2D eigenvalue weighted by Crippen LogP contribution is 2.38. The predicted octanol–water partition coefficient (Wildman–Crippen LogP) is 5.46. The minimum Gasteiger partial charge on any atom is -0.493 e. The summed E-state index contributed by atoms with van der Waals surface area (Å²) in [6.07, 6.45) is 0. The molecule has 156 valence electrons. The Bertz CT molecular complexity index is 1200. The summed E-state index contributed by atoms with van der Waals surface area (Å²) in [6, 6.07) is 8.08. The van der Waals surface area contributed by atoms with Gasteiger partial charge < -0.3 is 19.3 Å². The smallest absolute Gasteiger partial charge is 0.162 e. The first-order valence-corrected chi connectivity index (χ1v) is 10.4. The summed E-state index contributed by atoms with van der Waals surface area (Å²) >= 11 is 1.72. The van der Waals surface area contributed by atoms with Gasteiger partial charge in [0.1, 0.15) is 17.4 Å². The molecule has 0 fully saturated rings. The van der Waals surface area contributed by atoms with Crippen molar-refractivity contribution in [3.63, 3.8) is 0 Å². The fourth-order valence-electron chi connectivity index (χ4n) is 3.51. The quantitative estimate of drug-likeness (QED) is 0.440. The number of nitrogens with zero attached hydrogens (tertiary/aromatic N) is 3. The van der Waals surface area contributed by atoms with Gasteiger partial charge in [-0.3, -0.25) is 0 Å². The van der Waals surface area contributed by atoms with E-state index < -0.39 is 0 Å². The van der Waals surface area contributed by atoms with Crippen molar-refractivity contribution in [3.8, 4) is 21.9 Å². The fraction of sp³-hybridized carbons (Fsp3) is 0.318. The Kier molecular flexibility index (Phi) is 5.34. The van der Waals surface area contributed by atoms with Gasteiger partial charge in [-0.1, -0.05) is 5.16 Å². The van der Waals surface area contributed by atoms with Crippen LogP contribution in [0, 0.1) is 20.8 Å². The van der Waals surface area contributed by atoms with Gasteiger partial charge in [0.05, 0.1) is 37.0 Å². The molecular formula is C22H24N4O3S. The molecule has 1 unspecified atom stereocenters. The van der Waals surface area contributed by atoms with E-state index in [1.54, 1.807) is 25.6 Å². The summed E-state index contributed by atoms with van der Waals surface area (Å²) in [4.78, 5) is 11.5. The van der Waals surface area contributed by atoms with E-state index in [4.69, 9.17) is 14.0 Å². The molecular weight excluding hydrogens is 400 g/mol. The van der Waals surface area contributed by atoms with Crippen LogP contribution in [0.1, 0.15) is 35.1 Å². The van der Waals surface area contributed by atoms with E-state index in [9.17, 15) is 0 Å². The van der Waals surface area contributed by atoms with Gasteiger partial charge >= 0.3 is 0 Å². The molecule has 0 bridgehead atoms. The molecule has 0 amide bonds. The number of benzene rings is 1. The van der Waals surface area contributed by atoms with Crippen LogP contribution in [-0.2, 0) is 0 Å². The molecule has 0 radical (unpaired) electrons. The SMILES string of the molecule is COc1cc2nc(C)nc(NC(C)c3ccc(-c4c(C)noc4C)s3)c2cc1OC. The molecule has 0 aliphatic carbocycles. The van der Waals surface area contributed by atoms with Crippen LogP contribution in [-0.4, -0.2) is 29.3 Å². The van der Waals surface area contributed by atoms with Gasteiger partial charge in [-0.15, -0.1) is 11.3 Å². The van der Waals surface area contributed by atoms with Crippen LogP contribution in [0.4, 0.5) is 5.82 Å². The van der Waals surface area contributed by atoms with Gasteiger partial charge in [-0.25, -0.2) is 9.97 Å². The molecule has 0 saturated carbocycles. The number of methoxy groups -OCH3 is 2. The van der Waals surface area contributed by atoms with Gasteiger partial charge in [-0.2, -0.15) is 0 Å². The number of aromatic nitrogens is 3. The van der Waals surface area contributed by atoms with E-state index in [0.29, 0.717) is 17.3 Å². The molecule has 0 aliphatic rings. The first-order chi connectivity index (χ1) is 14.4. The number of hydrogen-bond acceptors (Lipinski definition) is 8. The zero-order chi connectivity index (χ0) is 21.4. The number of rotatable bonds is 6. The van der Waals surface area contributed by atoms with E-state index in [1.165, 1.54) is 4.88 Å². The van der Waals surface area contributed by atoms with Gasteiger partial charge in [0.2, 0.25) is 0 Å². The maximum atomic E-state index is 5.47. The third-order valence-corrected chi connectivity index (χ3v) is 6.28. The summed E-state index contributed by atoms with van der Waals surface area (Å²) in [7, 11) is 3.24. The maximum Gasteiger partial charge on any atom is 0.162 e. The van der Waals surface area contributed by atoms with Gasteiger partial charge in [-0.05, 0) is 45.9 Å². The van der Waals surface area contributed by atoms with Crippen LogP contribution in [0.2, 0.25) is 0 Å². The molecule has 1 N–H and O–H groups in total. The Balaban J connectivity index is 1.69. The monoisotopic (exact) mass is 424 g/mol. The Hall–Kier alpha value is -3.13. The lowest BCUT2D eigenvalue weighted by atomic mass is 10.1.